The Labute approximate surface area is 171 Å². The number of benzene rings is 2. The molecule has 3 aromatic rings. The predicted molar refractivity (Wildman–Crippen MR) is 115 cm³/mol. The first-order valence-corrected chi connectivity index (χ1v) is 10.0. The van der Waals surface area contributed by atoms with Crippen LogP contribution < -0.4 is 22.1 Å². The summed E-state index contributed by atoms with van der Waals surface area (Å²) in [4.78, 5) is 34.2. The minimum Gasteiger partial charge on any atom is -0.370 e. The molecule has 1 atom stereocenters. The van der Waals surface area contributed by atoms with Gasteiger partial charge in [0.2, 0.25) is 11.7 Å². The molecule has 0 radical (unpaired) electrons. The van der Waals surface area contributed by atoms with E-state index in [-0.39, 0.29) is 23.7 Å². The molecule has 0 aliphatic carbocycles. The Morgan fingerprint density at radius 1 is 1.21 bits per heavy atom. The van der Waals surface area contributed by atoms with Crippen molar-refractivity contribution in [2.45, 2.75) is 18.9 Å². The molecule has 1 aliphatic rings. The molecular formula is C20H20N6O2S. The third-order valence-corrected chi connectivity index (χ3v) is 5.66. The Morgan fingerprint density at radius 2 is 2.03 bits per heavy atom. The largest absolute Gasteiger partial charge is 0.370 e. The molecule has 0 bridgehead atoms. The first-order chi connectivity index (χ1) is 14.0. The van der Waals surface area contributed by atoms with Crippen LogP contribution in [0.1, 0.15) is 28.2 Å². The van der Waals surface area contributed by atoms with E-state index in [1.807, 2.05) is 24.3 Å². The van der Waals surface area contributed by atoms with Crippen molar-refractivity contribution in [2.24, 2.45) is 16.5 Å². The minimum atomic E-state index is -0.285. The highest BCUT2D eigenvalue weighted by molar-refractivity contribution is 7.20. The molecule has 1 amide bonds. The van der Waals surface area contributed by atoms with Gasteiger partial charge in [0.1, 0.15) is 0 Å². The number of thiazole rings is 1. The highest BCUT2D eigenvalue weighted by atomic mass is 32.1. The van der Waals surface area contributed by atoms with Crippen LogP contribution in [0.25, 0.3) is 10.2 Å². The second-order valence-electron chi connectivity index (χ2n) is 6.72. The van der Waals surface area contributed by atoms with Gasteiger partial charge in [-0.2, -0.15) is 0 Å². The van der Waals surface area contributed by atoms with Crippen LogP contribution >= 0.6 is 11.3 Å². The van der Waals surface area contributed by atoms with E-state index in [0.717, 1.165) is 29.6 Å². The van der Waals surface area contributed by atoms with E-state index in [4.69, 9.17) is 11.5 Å². The fourth-order valence-electron chi connectivity index (χ4n) is 3.26. The van der Waals surface area contributed by atoms with E-state index < -0.39 is 0 Å². The number of nitrogens with zero attached hydrogens (tertiary/aromatic N) is 2. The lowest BCUT2D eigenvalue weighted by atomic mass is 10.1. The van der Waals surface area contributed by atoms with Gasteiger partial charge in [0.25, 0.3) is 0 Å². The van der Waals surface area contributed by atoms with Crippen molar-refractivity contribution in [1.82, 2.24) is 10.3 Å². The Morgan fingerprint density at radius 3 is 2.76 bits per heavy atom. The number of ketones is 1. The van der Waals surface area contributed by atoms with Crippen LogP contribution in [-0.4, -0.2) is 35.2 Å². The van der Waals surface area contributed by atoms with Gasteiger partial charge in [-0.1, -0.05) is 12.1 Å². The molecule has 1 fully saturated rings. The highest BCUT2D eigenvalue weighted by Crippen LogP contribution is 2.29. The minimum absolute atomic E-state index is 0.106. The SMILES string of the molecule is NC(N)=Nc1ccc(C(=O)c2nc3ccccc3s2)c(NC(=O)[C@@H]2CCCN2)c1. The molecular weight excluding hydrogens is 388 g/mol. The standard InChI is InChI=1S/C20H20N6O2S/c21-20(22)24-11-7-8-12(15(10-11)25-18(28)14-5-3-9-23-14)17(27)19-26-13-4-1-2-6-16(13)29-19/h1-2,4,6-8,10,14,23H,3,5,9H2,(H,25,28)(H4,21,22,24)/t14-/m0/s1. The summed E-state index contributed by atoms with van der Waals surface area (Å²) in [6.07, 6.45) is 1.68. The van der Waals surface area contributed by atoms with Gasteiger partial charge in [-0.3, -0.25) is 9.59 Å². The fourth-order valence-corrected chi connectivity index (χ4v) is 4.18. The van der Waals surface area contributed by atoms with Gasteiger partial charge in [-0.05, 0) is 49.7 Å². The van der Waals surface area contributed by atoms with E-state index in [9.17, 15) is 9.59 Å². The van der Waals surface area contributed by atoms with Crippen LogP contribution in [0.4, 0.5) is 11.4 Å². The van der Waals surface area contributed by atoms with Crippen molar-refractivity contribution in [3.8, 4) is 0 Å². The zero-order chi connectivity index (χ0) is 20.4. The van der Waals surface area contributed by atoms with Gasteiger partial charge in [-0.15, -0.1) is 11.3 Å². The van der Waals surface area contributed by atoms with Gasteiger partial charge in [0.05, 0.1) is 27.6 Å². The van der Waals surface area contributed by atoms with E-state index in [2.05, 4.69) is 20.6 Å². The normalized spacial score (nSPS) is 15.9. The Balaban J connectivity index is 1.71. The number of nitrogens with two attached hydrogens (primary N) is 2. The molecule has 4 rings (SSSR count). The number of guanidine groups is 1. The summed E-state index contributed by atoms with van der Waals surface area (Å²) in [5.74, 6) is -0.565. The number of carbonyl (C=O) groups excluding carboxylic acids is 2. The van der Waals surface area contributed by atoms with E-state index in [0.29, 0.717) is 21.9 Å². The van der Waals surface area contributed by atoms with Crippen LogP contribution in [0.5, 0.6) is 0 Å². The van der Waals surface area contributed by atoms with E-state index in [1.165, 1.54) is 11.3 Å². The molecule has 2 aromatic carbocycles. The first-order valence-electron chi connectivity index (χ1n) is 9.19. The van der Waals surface area contributed by atoms with Crippen LogP contribution in [-0.2, 0) is 4.79 Å². The van der Waals surface area contributed by atoms with E-state index >= 15 is 0 Å². The zero-order valence-electron chi connectivity index (χ0n) is 15.5. The first kappa shape index (κ1) is 19.0. The molecule has 9 heteroatoms. The van der Waals surface area contributed by atoms with Crippen molar-refractivity contribution in [3.05, 3.63) is 53.0 Å². The van der Waals surface area contributed by atoms with Crippen LogP contribution in [0.15, 0.2) is 47.5 Å². The number of amides is 1. The number of carbonyl (C=O) groups is 2. The Kier molecular flexibility index (Phi) is 5.24. The summed E-state index contributed by atoms with van der Waals surface area (Å²) in [6, 6.07) is 12.1. The summed E-state index contributed by atoms with van der Waals surface area (Å²) in [7, 11) is 0. The lowest BCUT2D eigenvalue weighted by molar-refractivity contribution is -0.117. The van der Waals surface area contributed by atoms with E-state index in [1.54, 1.807) is 18.2 Å². The third-order valence-electron chi connectivity index (χ3n) is 4.63. The second-order valence-corrected chi connectivity index (χ2v) is 7.75. The number of hydrogen-bond donors (Lipinski definition) is 4. The summed E-state index contributed by atoms with van der Waals surface area (Å²) in [6.45, 7) is 0.795. The molecule has 8 nitrogen and oxygen atoms in total. The number of rotatable bonds is 5. The number of aliphatic imine (C=N–C) groups is 1. The number of aromatic nitrogens is 1. The van der Waals surface area contributed by atoms with Gasteiger partial charge in [0.15, 0.2) is 11.0 Å². The lowest BCUT2D eigenvalue weighted by Gasteiger charge is -2.14. The monoisotopic (exact) mass is 408 g/mol. The topological polar surface area (TPSA) is 135 Å². The van der Waals surface area contributed by atoms with Gasteiger partial charge in [-0.25, -0.2) is 9.98 Å². The maximum Gasteiger partial charge on any atom is 0.241 e. The number of hydrogen-bond acceptors (Lipinski definition) is 6. The Hall–Kier alpha value is -3.30. The van der Waals surface area contributed by atoms with Crippen molar-refractivity contribution < 1.29 is 9.59 Å². The average molecular weight is 408 g/mol. The third kappa shape index (κ3) is 4.10. The predicted octanol–water partition coefficient (Wildman–Crippen LogP) is 2.12. The molecule has 0 spiro atoms. The molecule has 148 valence electrons. The molecule has 1 aliphatic heterocycles. The Bertz CT molecular complexity index is 1080. The fraction of sp³-hybridized carbons (Fsp3) is 0.200. The van der Waals surface area contributed by atoms with Gasteiger partial charge in [0, 0.05) is 5.56 Å². The maximum atomic E-state index is 13.2. The molecule has 29 heavy (non-hydrogen) atoms. The zero-order valence-corrected chi connectivity index (χ0v) is 16.3. The summed E-state index contributed by atoms with van der Waals surface area (Å²) < 4.78 is 0.925. The molecule has 1 aromatic heterocycles. The highest BCUT2D eigenvalue weighted by Gasteiger charge is 2.25. The number of fused-ring (bicyclic) bond motifs is 1. The molecule has 0 saturated carbocycles. The van der Waals surface area contributed by atoms with Crippen molar-refractivity contribution in [3.63, 3.8) is 0 Å². The average Bonchev–Trinajstić information content (AvgIpc) is 3.37. The van der Waals surface area contributed by atoms with Crippen molar-refractivity contribution in [1.29, 1.82) is 0 Å². The molecule has 1 saturated heterocycles. The van der Waals surface area contributed by atoms with Crippen LogP contribution in [0.3, 0.4) is 0 Å². The van der Waals surface area contributed by atoms with Crippen molar-refractivity contribution >= 4 is 50.6 Å². The smallest absolute Gasteiger partial charge is 0.241 e. The number of nitrogens with one attached hydrogen (secondary N) is 2. The van der Waals surface area contributed by atoms with Crippen molar-refractivity contribution in [2.75, 3.05) is 11.9 Å². The lowest BCUT2D eigenvalue weighted by Crippen LogP contribution is -2.35. The molecule has 6 N–H and O–H groups in total. The van der Waals surface area contributed by atoms with Crippen LogP contribution in [0, 0.1) is 0 Å². The van der Waals surface area contributed by atoms with Crippen LogP contribution in [0.2, 0.25) is 0 Å². The second kappa shape index (κ2) is 7.98. The number of para-hydroxylation sites is 1. The number of anilines is 1. The van der Waals surface area contributed by atoms with Gasteiger partial charge >= 0.3 is 0 Å². The summed E-state index contributed by atoms with van der Waals surface area (Å²) in [5, 5.41) is 6.36. The quantitative estimate of drug-likeness (QED) is 0.290. The summed E-state index contributed by atoms with van der Waals surface area (Å²) in [5.41, 5.74) is 12.8. The van der Waals surface area contributed by atoms with Gasteiger partial charge < -0.3 is 22.1 Å². The molecule has 2 heterocycles. The summed E-state index contributed by atoms with van der Waals surface area (Å²) >= 11 is 1.31. The molecule has 0 unspecified atom stereocenters. The maximum absolute atomic E-state index is 13.2.